The van der Waals surface area contributed by atoms with Crippen LogP contribution in [-0.4, -0.2) is 40.6 Å². The minimum atomic E-state index is 0.671. The monoisotopic (exact) mass is 236 g/mol. The first-order chi connectivity index (χ1) is 8.15. The topological polar surface area (TPSA) is 33.1 Å². The first kappa shape index (κ1) is 12.4. The second-order valence-electron chi connectivity index (χ2n) is 5.31. The van der Waals surface area contributed by atoms with Gasteiger partial charge in [-0.05, 0) is 38.8 Å². The smallest absolute Gasteiger partial charge is 0.202 e. The predicted molar refractivity (Wildman–Crippen MR) is 71.3 cm³/mol. The average Bonchev–Trinajstić information content (AvgIpc) is 2.86. The molecule has 1 saturated heterocycles. The van der Waals surface area contributed by atoms with E-state index < -0.39 is 0 Å². The van der Waals surface area contributed by atoms with E-state index in [-0.39, 0.29) is 0 Å². The molecule has 0 aliphatic carbocycles. The molecule has 96 valence electrons. The Kier molecular flexibility index (Phi) is 4.05. The Labute approximate surface area is 104 Å². The summed E-state index contributed by atoms with van der Waals surface area (Å²) in [5.41, 5.74) is 1.07. The summed E-state index contributed by atoms with van der Waals surface area (Å²) in [6.07, 6.45) is 4.80. The summed E-state index contributed by atoms with van der Waals surface area (Å²) in [5, 5.41) is 3.43. The van der Waals surface area contributed by atoms with E-state index in [9.17, 15) is 0 Å². The minimum Gasteiger partial charge on any atom is -0.355 e. The summed E-state index contributed by atoms with van der Waals surface area (Å²) in [6.45, 7) is 9.11. The third-order valence-corrected chi connectivity index (χ3v) is 3.37. The number of aromatic nitrogens is 2. The molecule has 0 spiro atoms. The van der Waals surface area contributed by atoms with Crippen molar-refractivity contribution in [2.24, 2.45) is 13.0 Å². The minimum absolute atomic E-state index is 0.671. The van der Waals surface area contributed by atoms with Gasteiger partial charge in [0.2, 0.25) is 5.95 Å². The molecule has 1 aliphatic rings. The highest BCUT2D eigenvalue weighted by Gasteiger charge is 2.14. The van der Waals surface area contributed by atoms with E-state index in [1.54, 1.807) is 0 Å². The van der Waals surface area contributed by atoms with Crippen molar-refractivity contribution in [1.29, 1.82) is 0 Å². The molecule has 1 fully saturated rings. The number of aryl methyl sites for hydroxylation is 2. The second-order valence-corrected chi connectivity index (χ2v) is 5.31. The lowest BCUT2D eigenvalue weighted by molar-refractivity contribution is 0.294. The van der Waals surface area contributed by atoms with Crippen molar-refractivity contribution in [1.82, 2.24) is 14.5 Å². The van der Waals surface area contributed by atoms with Gasteiger partial charge in [0, 0.05) is 26.3 Å². The molecule has 1 N–H and O–H groups in total. The molecule has 2 heterocycles. The van der Waals surface area contributed by atoms with Crippen LogP contribution in [0.5, 0.6) is 0 Å². The highest BCUT2D eigenvalue weighted by atomic mass is 15.2. The van der Waals surface area contributed by atoms with Crippen LogP contribution in [0.2, 0.25) is 0 Å². The van der Waals surface area contributed by atoms with Crippen molar-refractivity contribution >= 4 is 5.95 Å². The van der Waals surface area contributed by atoms with Crippen molar-refractivity contribution in [3.63, 3.8) is 0 Å². The molecular weight excluding hydrogens is 212 g/mol. The number of hydrogen-bond donors (Lipinski definition) is 1. The number of rotatable bonds is 5. The van der Waals surface area contributed by atoms with Gasteiger partial charge in [0.1, 0.15) is 0 Å². The van der Waals surface area contributed by atoms with Gasteiger partial charge in [0.05, 0.1) is 5.69 Å². The first-order valence-electron chi connectivity index (χ1n) is 6.61. The van der Waals surface area contributed by atoms with Crippen LogP contribution in [0.15, 0.2) is 6.20 Å². The van der Waals surface area contributed by atoms with Gasteiger partial charge in [-0.1, -0.05) is 6.92 Å². The average molecular weight is 236 g/mol. The summed E-state index contributed by atoms with van der Waals surface area (Å²) < 4.78 is 2.05. The maximum atomic E-state index is 4.45. The van der Waals surface area contributed by atoms with E-state index in [0.29, 0.717) is 5.92 Å². The highest BCUT2D eigenvalue weighted by molar-refractivity contribution is 5.28. The lowest BCUT2D eigenvalue weighted by Crippen LogP contribution is -2.29. The van der Waals surface area contributed by atoms with Crippen LogP contribution < -0.4 is 5.32 Å². The molecule has 1 atom stereocenters. The Morgan fingerprint density at radius 1 is 1.41 bits per heavy atom. The zero-order chi connectivity index (χ0) is 12.3. The molecular formula is C13H24N4. The Morgan fingerprint density at radius 3 is 2.71 bits per heavy atom. The number of hydrogen-bond acceptors (Lipinski definition) is 3. The fourth-order valence-corrected chi connectivity index (χ4v) is 2.52. The van der Waals surface area contributed by atoms with E-state index in [1.165, 1.54) is 32.5 Å². The van der Waals surface area contributed by atoms with Gasteiger partial charge >= 0.3 is 0 Å². The van der Waals surface area contributed by atoms with Crippen molar-refractivity contribution in [3.8, 4) is 0 Å². The van der Waals surface area contributed by atoms with E-state index in [4.69, 9.17) is 0 Å². The first-order valence-corrected chi connectivity index (χ1v) is 6.61. The van der Waals surface area contributed by atoms with E-state index in [1.807, 2.05) is 20.2 Å². The number of nitrogens with zero attached hydrogens (tertiary/aromatic N) is 3. The fourth-order valence-electron chi connectivity index (χ4n) is 2.52. The zero-order valence-electron chi connectivity index (χ0n) is 11.2. The third kappa shape index (κ3) is 3.46. The molecule has 0 radical (unpaired) electrons. The molecule has 1 aromatic rings. The quantitative estimate of drug-likeness (QED) is 0.847. The third-order valence-electron chi connectivity index (χ3n) is 3.37. The van der Waals surface area contributed by atoms with Gasteiger partial charge in [0.25, 0.3) is 0 Å². The molecule has 0 aromatic carbocycles. The van der Waals surface area contributed by atoms with Crippen LogP contribution in [0.25, 0.3) is 0 Å². The van der Waals surface area contributed by atoms with Crippen LogP contribution in [0.1, 0.15) is 25.5 Å². The summed E-state index contributed by atoms with van der Waals surface area (Å²) in [5.74, 6) is 1.65. The fraction of sp³-hybridized carbons (Fsp3) is 0.769. The van der Waals surface area contributed by atoms with Crippen LogP contribution in [0.3, 0.4) is 0 Å². The van der Waals surface area contributed by atoms with Crippen molar-refractivity contribution < 1.29 is 0 Å². The van der Waals surface area contributed by atoms with Gasteiger partial charge in [-0.25, -0.2) is 4.98 Å². The highest BCUT2D eigenvalue weighted by Crippen LogP contribution is 2.11. The molecule has 4 heteroatoms. The van der Waals surface area contributed by atoms with Crippen molar-refractivity contribution in [2.75, 3.05) is 31.5 Å². The molecule has 0 saturated carbocycles. The largest absolute Gasteiger partial charge is 0.355 e. The van der Waals surface area contributed by atoms with Gasteiger partial charge in [-0.3, -0.25) is 0 Å². The molecule has 2 rings (SSSR count). The zero-order valence-corrected chi connectivity index (χ0v) is 11.2. The Balaban J connectivity index is 1.75. The molecule has 4 nitrogen and oxygen atoms in total. The number of anilines is 1. The molecule has 1 aliphatic heterocycles. The Hall–Kier alpha value is -1.03. The summed E-state index contributed by atoms with van der Waals surface area (Å²) >= 11 is 0. The number of nitrogens with one attached hydrogen (secondary N) is 1. The lowest BCUT2D eigenvalue weighted by Gasteiger charge is -2.20. The Morgan fingerprint density at radius 2 is 2.12 bits per heavy atom. The van der Waals surface area contributed by atoms with Crippen molar-refractivity contribution in [2.45, 2.75) is 26.7 Å². The summed E-state index contributed by atoms with van der Waals surface area (Å²) in [7, 11) is 2.04. The van der Waals surface area contributed by atoms with Gasteiger partial charge < -0.3 is 14.8 Å². The van der Waals surface area contributed by atoms with Crippen LogP contribution in [0, 0.1) is 12.8 Å². The molecule has 1 aromatic heterocycles. The van der Waals surface area contributed by atoms with Gasteiger partial charge in [-0.2, -0.15) is 0 Å². The summed E-state index contributed by atoms with van der Waals surface area (Å²) in [6, 6.07) is 0. The van der Waals surface area contributed by atoms with Crippen molar-refractivity contribution in [3.05, 3.63) is 11.9 Å². The second kappa shape index (κ2) is 5.54. The van der Waals surface area contributed by atoms with E-state index in [0.717, 1.165) is 18.2 Å². The Bertz CT molecular complexity index is 352. The predicted octanol–water partition coefficient (Wildman–Crippen LogP) is 1.87. The van der Waals surface area contributed by atoms with Crippen LogP contribution >= 0.6 is 0 Å². The molecule has 0 amide bonds. The van der Waals surface area contributed by atoms with Crippen LogP contribution in [-0.2, 0) is 7.05 Å². The maximum Gasteiger partial charge on any atom is 0.202 e. The SMILES string of the molecule is Cc1cn(C)c(NCC(C)CN2CCCC2)n1. The molecule has 17 heavy (non-hydrogen) atoms. The van der Waals surface area contributed by atoms with E-state index >= 15 is 0 Å². The standard InChI is InChI=1S/C13H24N4/c1-11(9-17-6-4-5-7-17)8-14-13-15-12(2)10-16(13)3/h10-11H,4-9H2,1-3H3,(H,14,15). The molecule has 0 bridgehead atoms. The van der Waals surface area contributed by atoms with E-state index in [2.05, 4.69) is 26.7 Å². The van der Waals surface area contributed by atoms with Gasteiger partial charge in [0.15, 0.2) is 0 Å². The maximum absolute atomic E-state index is 4.45. The van der Waals surface area contributed by atoms with Crippen LogP contribution in [0.4, 0.5) is 5.95 Å². The lowest BCUT2D eigenvalue weighted by atomic mass is 10.1. The number of likely N-dealkylation sites (tertiary alicyclic amines) is 1. The normalized spacial score (nSPS) is 18.5. The molecule has 1 unspecified atom stereocenters. The summed E-state index contributed by atoms with van der Waals surface area (Å²) in [4.78, 5) is 7.02. The van der Waals surface area contributed by atoms with Gasteiger partial charge in [-0.15, -0.1) is 0 Å². The number of imidazole rings is 1.